The van der Waals surface area contributed by atoms with Crippen molar-refractivity contribution >= 4 is 27.5 Å². The van der Waals surface area contributed by atoms with Gasteiger partial charge in [0.15, 0.2) is 0 Å². The monoisotopic (exact) mass is 351 g/mol. The molecule has 0 radical (unpaired) electrons. The average Bonchev–Trinajstić information content (AvgIpc) is 2.43. The third-order valence-electron chi connectivity index (χ3n) is 3.09. The highest BCUT2D eigenvalue weighted by Crippen LogP contribution is 2.32. The maximum absolute atomic E-state index is 13.8. The van der Waals surface area contributed by atoms with Crippen LogP contribution in [0.15, 0.2) is 34.8 Å². The second kappa shape index (κ2) is 6.26. The topological polar surface area (TPSA) is 38.3 Å². The van der Waals surface area contributed by atoms with Gasteiger partial charge in [-0.05, 0) is 43.7 Å². The number of anilines is 1. The van der Waals surface area contributed by atoms with Crippen LogP contribution in [-0.2, 0) is 0 Å². The van der Waals surface area contributed by atoms with E-state index in [9.17, 15) is 9.18 Å². The third-order valence-corrected chi connectivity index (χ3v) is 3.55. The van der Waals surface area contributed by atoms with Crippen molar-refractivity contribution in [1.29, 1.82) is 0 Å². The largest absolute Gasteiger partial charge is 0.495 e. The second-order valence-corrected chi connectivity index (χ2v) is 5.65. The van der Waals surface area contributed by atoms with E-state index in [1.54, 1.807) is 12.1 Å². The van der Waals surface area contributed by atoms with Crippen molar-refractivity contribution in [2.45, 2.75) is 13.8 Å². The summed E-state index contributed by atoms with van der Waals surface area (Å²) in [5.41, 5.74) is 2.19. The maximum atomic E-state index is 13.8. The number of benzene rings is 2. The van der Waals surface area contributed by atoms with E-state index in [0.717, 1.165) is 15.6 Å². The van der Waals surface area contributed by atoms with Gasteiger partial charge < -0.3 is 10.1 Å². The number of carbonyl (C=O) groups excluding carboxylic acids is 1. The SMILES string of the molecule is COc1cc(Br)cc(C)c1NC(=O)c1cc(C)ccc1F. The van der Waals surface area contributed by atoms with Crippen LogP contribution in [0.1, 0.15) is 21.5 Å². The molecule has 0 spiro atoms. The standard InChI is InChI=1S/C16H15BrFNO2/c1-9-4-5-13(18)12(6-9)16(20)19-15-10(2)7-11(17)8-14(15)21-3/h4-8H,1-3H3,(H,19,20). The Labute approximate surface area is 131 Å². The highest BCUT2D eigenvalue weighted by Gasteiger charge is 2.16. The molecule has 1 N–H and O–H groups in total. The smallest absolute Gasteiger partial charge is 0.258 e. The van der Waals surface area contributed by atoms with Crippen LogP contribution in [0.25, 0.3) is 0 Å². The van der Waals surface area contributed by atoms with Crippen LogP contribution in [0.5, 0.6) is 5.75 Å². The van der Waals surface area contributed by atoms with E-state index in [1.165, 1.54) is 19.2 Å². The molecular formula is C16H15BrFNO2. The molecule has 5 heteroatoms. The first-order valence-electron chi connectivity index (χ1n) is 6.34. The molecule has 0 aliphatic heterocycles. The summed E-state index contributed by atoms with van der Waals surface area (Å²) < 4.78 is 19.9. The first kappa shape index (κ1) is 15.5. The Hall–Kier alpha value is -1.88. The zero-order valence-electron chi connectivity index (χ0n) is 12.0. The highest BCUT2D eigenvalue weighted by atomic mass is 79.9. The van der Waals surface area contributed by atoms with Crippen LogP contribution in [-0.4, -0.2) is 13.0 Å². The van der Waals surface area contributed by atoms with Gasteiger partial charge in [-0.25, -0.2) is 4.39 Å². The fraction of sp³-hybridized carbons (Fsp3) is 0.188. The van der Waals surface area contributed by atoms with Gasteiger partial charge in [0.1, 0.15) is 11.6 Å². The van der Waals surface area contributed by atoms with E-state index in [2.05, 4.69) is 21.2 Å². The quantitative estimate of drug-likeness (QED) is 0.885. The van der Waals surface area contributed by atoms with Gasteiger partial charge in [0.25, 0.3) is 5.91 Å². The molecule has 0 heterocycles. The number of ether oxygens (including phenoxy) is 1. The normalized spacial score (nSPS) is 10.3. The zero-order chi connectivity index (χ0) is 15.6. The summed E-state index contributed by atoms with van der Waals surface area (Å²) in [5.74, 6) is -0.532. The Morgan fingerprint density at radius 3 is 2.62 bits per heavy atom. The first-order chi connectivity index (χ1) is 9.92. The molecule has 0 aromatic heterocycles. The number of rotatable bonds is 3. The molecule has 0 aliphatic carbocycles. The van der Waals surface area contributed by atoms with Crippen LogP contribution in [0.2, 0.25) is 0 Å². The maximum Gasteiger partial charge on any atom is 0.258 e. The van der Waals surface area contributed by atoms with Crippen LogP contribution in [0, 0.1) is 19.7 Å². The summed E-state index contributed by atoms with van der Waals surface area (Å²) in [6.45, 7) is 3.65. The van der Waals surface area contributed by atoms with E-state index < -0.39 is 11.7 Å². The number of hydrogen-bond donors (Lipinski definition) is 1. The van der Waals surface area contributed by atoms with Gasteiger partial charge in [-0.15, -0.1) is 0 Å². The van der Waals surface area contributed by atoms with E-state index in [4.69, 9.17) is 4.74 Å². The molecule has 110 valence electrons. The number of methoxy groups -OCH3 is 1. The Morgan fingerprint density at radius 1 is 1.24 bits per heavy atom. The number of amides is 1. The van der Waals surface area contributed by atoms with Crippen LogP contribution >= 0.6 is 15.9 Å². The van der Waals surface area contributed by atoms with Crippen molar-refractivity contribution in [3.8, 4) is 5.75 Å². The molecule has 0 atom stereocenters. The van der Waals surface area contributed by atoms with Crippen LogP contribution < -0.4 is 10.1 Å². The fourth-order valence-corrected chi connectivity index (χ4v) is 2.58. The molecule has 0 saturated heterocycles. The van der Waals surface area contributed by atoms with Crippen LogP contribution in [0.3, 0.4) is 0 Å². The molecule has 21 heavy (non-hydrogen) atoms. The lowest BCUT2D eigenvalue weighted by atomic mass is 10.1. The Morgan fingerprint density at radius 2 is 1.95 bits per heavy atom. The van der Waals surface area contributed by atoms with Gasteiger partial charge in [0, 0.05) is 4.47 Å². The predicted octanol–water partition coefficient (Wildman–Crippen LogP) is 4.47. The molecule has 0 fully saturated rings. The summed E-state index contributed by atoms with van der Waals surface area (Å²) in [6, 6.07) is 8.03. The Bertz CT molecular complexity index is 701. The van der Waals surface area contributed by atoms with Crippen molar-refractivity contribution in [2.75, 3.05) is 12.4 Å². The minimum Gasteiger partial charge on any atom is -0.495 e. The minimum atomic E-state index is -0.549. The summed E-state index contributed by atoms with van der Waals surface area (Å²) >= 11 is 3.37. The minimum absolute atomic E-state index is 0.0133. The van der Waals surface area contributed by atoms with E-state index in [-0.39, 0.29) is 5.56 Å². The van der Waals surface area contributed by atoms with E-state index in [1.807, 2.05) is 19.9 Å². The molecule has 2 aromatic carbocycles. The summed E-state index contributed by atoms with van der Waals surface area (Å²) in [5, 5.41) is 2.72. The molecule has 0 bridgehead atoms. The Kier molecular flexibility index (Phi) is 4.63. The molecule has 0 unspecified atom stereocenters. The average molecular weight is 352 g/mol. The Balaban J connectivity index is 2.38. The molecule has 2 rings (SSSR count). The van der Waals surface area contributed by atoms with Crippen molar-refractivity contribution in [3.05, 3.63) is 57.3 Å². The molecule has 0 aliphatic rings. The molecular weight excluding hydrogens is 337 g/mol. The summed E-state index contributed by atoms with van der Waals surface area (Å²) in [7, 11) is 1.52. The van der Waals surface area contributed by atoms with Gasteiger partial charge in [-0.2, -0.15) is 0 Å². The molecule has 3 nitrogen and oxygen atoms in total. The lowest BCUT2D eigenvalue weighted by Crippen LogP contribution is -2.15. The summed E-state index contributed by atoms with van der Waals surface area (Å²) in [4.78, 5) is 12.3. The number of hydrogen-bond acceptors (Lipinski definition) is 2. The van der Waals surface area contributed by atoms with Crippen molar-refractivity contribution in [3.63, 3.8) is 0 Å². The van der Waals surface area contributed by atoms with E-state index in [0.29, 0.717) is 11.4 Å². The van der Waals surface area contributed by atoms with Gasteiger partial charge in [-0.3, -0.25) is 4.79 Å². The lowest BCUT2D eigenvalue weighted by molar-refractivity contribution is 0.102. The van der Waals surface area contributed by atoms with Crippen LogP contribution in [0.4, 0.5) is 10.1 Å². The summed E-state index contributed by atoms with van der Waals surface area (Å²) in [6.07, 6.45) is 0. The number of nitrogens with one attached hydrogen (secondary N) is 1. The van der Waals surface area contributed by atoms with Gasteiger partial charge in [-0.1, -0.05) is 27.6 Å². The van der Waals surface area contributed by atoms with Gasteiger partial charge in [0.05, 0.1) is 18.4 Å². The second-order valence-electron chi connectivity index (χ2n) is 4.74. The van der Waals surface area contributed by atoms with Gasteiger partial charge >= 0.3 is 0 Å². The van der Waals surface area contributed by atoms with E-state index >= 15 is 0 Å². The first-order valence-corrected chi connectivity index (χ1v) is 7.13. The van der Waals surface area contributed by atoms with Crippen molar-refractivity contribution in [1.82, 2.24) is 0 Å². The van der Waals surface area contributed by atoms with Crippen molar-refractivity contribution < 1.29 is 13.9 Å². The number of carbonyl (C=O) groups is 1. The highest BCUT2D eigenvalue weighted by molar-refractivity contribution is 9.10. The molecule has 2 aromatic rings. The predicted molar refractivity (Wildman–Crippen MR) is 84.5 cm³/mol. The van der Waals surface area contributed by atoms with Gasteiger partial charge in [0.2, 0.25) is 0 Å². The molecule has 1 amide bonds. The molecule has 0 saturated carbocycles. The fourth-order valence-electron chi connectivity index (χ4n) is 2.03. The third kappa shape index (κ3) is 3.42. The number of aryl methyl sites for hydroxylation is 2. The number of halogens is 2. The lowest BCUT2D eigenvalue weighted by Gasteiger charge is -2.14. The van der Waals surface area contributed by atoms with Crippen molar-refractivity contribution in [2.24, 2.45) is 0 Å². The zero-order valence-corrected chi connectivity index (χ0v) is 13.5.